The van der Waals surface area contributed by atoms with Crippen molar-refractivity contribution in [2.24, 2.45) is 5.73 Å². The summed E-state index contributed by atoms with van der Waals surface area (Å²) >= 11 is 0. The number of aromatic nitrogens is 1. The van der Waals surface area contributed by atoms with Gasteiger partial charge in [-0.2, -0.15) is 0 Å². The molecule has 3 heteroatoms. The normalized spacial score (nSPS) is 12.9. The summed E-state index contributed by atoms with van der Waals surface area (Å²) in [5.74, 6) is 0.632. The average molecular weight is 137 g/mol. The minimum Gasteiger partial charge on any atom is -0.385 e. The van der Waals surface area contributed by atoms with Crippen molar-refractivity contribution in [1.29, 1.82) is 0 Å². The van der Waals surface area contributed by atoms with Crippen molar-refractivity contribution in [3.8, 4) is 0 Å². The number of hydrogen-bond acceptors (Lipinski definition) is 2. The van der Waals surface area contributed by atoms with Crippen molar-refractivity contribution >= 4 is 5.82 Å². The molecule has 0 aliphatic heterocycles. The van der Waals surface area contributed by atoms with E-state index in [0.717, 1.165) is 5.56 Å². The molecule has 0 saturated carbocycles. The predicted molar refractivity (Wildman–Crippen MR) is 42.3 cm³/mol. The number of nitrogen functional groups attached to an aromatic ring is 1. The summed E-state index contributed by atoms with van der Waals surface area (Å²) in [6, 6.07) is 1.68. The van der Waals surface area contributed by atoms with Gasteiger partial charge in [-0.15, -0.1) is 6.58 Å². The topological polar surface area (TPSA) is 67.8 Å². The fraction of sp³-hybridized carbons (Fsp3) is 0.143. The van der Waals surface area contributed by atoms with E-state index in [-0.39, 0.29) is 6.04 Å². The zero-order valence-electron chi connectivity index (χ0n) is 5.67. The molecule has 10 heavy (non-hydrogen) atoms. The van der Waals surface area contributed by atoms with E-state index < -0.39 is 0 Å². The molecule has 1 aromatic rings. The van der Waals surface area contributed by atoms with Crippen molar-refractivity contribution in [3.05, 3.63) is 30.5 Å². The molecular formula is C7H11N3. The fourth-order valence-electron chi connectivity index (χ4n) is 0.758. The van der Waals surface area contributed by atoms with Crippen LogP contribution in [0.25, 0.3) is 0 Å². The molecule has 0 aliphatic carbocycles. The first-order chi connectivity index (χ1) is 4.74. The van der Waals surface area contributed by atoms with Crippen molar-refractivity contribution in [3.63, 3.8) is 0 Å². The third-order valence-corrected chi connectivity index (χ3v) is 1.37. The maximum atomic E-state index is 5.61. The Morgan fingerprint density at radius 3 is 2.80 bits per heavy atom. The van der Waals surface area contributed by atoms with Gasteiger partial charge in [0.15, 0.2) is 0 Å². The molecule has 0 bridgehead atoms. The van der Waals surface area contributed by atoms with Crippen LogP contribution in [-0.4, -0.2) is 4.98 Å². The Bertz CT molecular complexity index is 227. The molecular weight excluding hydrogens is 126 g/mol. The van der Waals surface area contributed by atoms with Gasteiger partial charge in [0.1, 0.15) is 5.82 Å². The van der Waals surface area contributed by atoms with E-state index in [1.54, 1.807) is 18.3 Å². The Hall–Kier alpha value is -1.22. The first-order valence-electron chi connectivity index (χ1n) is 3.06. The van der Waals surface area contributed by atoms with E-state index in [9.17, 15) is 0 Å². The van der Waals surface area contributed by atoms with Gasteiger partial charge in [0.25, 0.3) is 0 Å². The summed E-state index contributed by atoms with van der Waals surface area (Å²) in [5.41, 5.74) is 12.0. The first-order valence-corrected chi connectivity index (χ1v) is 3.06. The van der Waals surface area contributed by atoms with Gasteiger partial charge in [0.05, 0.1) is 0 Å². The third-order valence-electron chi connectivity index (χ3n) is 1.37. The number of rotatable bonds is 2. The van der Waals surface area contributed by atoms with E-state index in [2.05, 4.69) is 11.6 Å². The lowest BCUT2D eigenvalue weighted by Crippen LogP contribution is -2.04. The molecule has 0 spiro atoms. The molecule has 3 nitrogen and oxygen atoms in total. The Morgan fingerprint density at radius 2 is 2.40 bits per heavy atom. The van der Waals surface area contributed by atoms with Crippen molar-refractivity contribution in [1.82, 2.24) is 4.98 Å². The number of nitrogens with two attached hydrogens (primary N) is 2. The van der Waals surface area contributed by atoms with Gasteiger partial charge in [0.2, 0.25) is 0 Å². The zero-order valence-corrected chi connectivity index (χ0v) is 5.67. The Balaban J connectivity index is 2.84. The number of anilines is 1. The molecule has 1 atom stereocenters. The van der Waals surface area contributed by atoms with Crippen molar-refractivity contribution < 1.29 is 0 Å². The van der Waals surface area contributed by atoms with Gasteiger partial charge in [0, 0.05) is 12.2 Å². The van der Waals surface area contributed by atoms with Gasteiger partial charge >= 0.3 is 0 Å². The van der Waals surface area contributed by atoms with Crippen LogP contribution >= 0.6 is 0 Å². The lowest BCUT2D eigenvalue weighted by molar-refractivity contribution is 0.917. The molecule has 0 aliphatic rings. The molecule has 0 fully saturated rings. The van der Waals surface area contributed by atoms with E-state index in [4.69, 9.17) is 11.5 Å². The number of hydrogen-bond donors (Lipinski definition) is 3. The minimum absolute atomic E-state index is 0.117. The van der Waals surface area contributed by atoms with E-state index in [1.165, 1.54) is 0 Å². The van der Waals surface area contributed by atoms with Gasteiger partial charge in [-0.1, -0.05) is 6.08 Å². The highest BCUT2D eigenvalue weighted by Gasteiger charge is 2.01. The molecule has 5 N–H and O–H groups in total. The average Bonchev–Trinajstić information content (AvgIpc) is 2.34. The number of H-pyrrole nitrogens is 1. The van der Waals surface area contributed by atoms with Crippen LogP contribution in [0.15, 0.2) is 24.9 Å². The van der Waals surface area contributed by atoms with Crippen LogP contribution in [-0.2, 0) is 0 Å². The zero-order chi connectivity index (χ0) is 7.56. The van der Waals surface area contributed by atoms with Crippen molar-refractivity contribution in [2.45, 2.75) is 6.04 Å². The van der Waals surface area contributed by atoms with Crippen LogP contribution in [0, 0.1) is 0 Å². The van der Waals surface area contributed by atoms with Crippen LogP contribution < -0.4 is 11.5 Å². The van der Waals surface area contributed by atoms with E-state index >= 15 is 0 Å². The maximum Gasteiger partial charge on any atom is 0.100 e. The second-order valence-electron chi connectivity index (χ2n) is 2.15. The Labute approximate surface area is 59.7 Å². The lowest BCUT2D eigenvalue weighted by Gasteiger charge is -1.99. The van der Waals surface area contributed by atoms with Crippen LogP contribution in [0.4, 0.5) is 5.82 Å². The SMILES string of the molecule is C=CC(N)c1c[nH]c(N)c1. The molecule has 0 aromatic carbocycles. The molecule has 0 saturated heterocycles. The highest BCUT2D eigenvalue weighted by atomic mass is 14.8. The molecule has 1 aromatic heterocycles. The molecule has 54 valence electrons. The standard InChI is InChI=1S/C7H11N3/c1-2-6(8)5-3-7(9)10-4-5/h2-4,6,10H,1,8-9H2. The number of aromatic amines is 1. The number of nitrogens with one attached hydrogen (secondary N) is 1. The van der Waals surface area contributed by atoms with Crippen LogP contribution in [0.1, 0.15) is 11.6 Å². The quantitative estimate of drug-likeness (QED) is 0.527. The summed E-state index contributed by atoms with van der Waals surface area (Å²) in [6.07, 6.45) is 3.45. The monoisotopic (exact) mass is 137 g/mol. The van der Waals surface area contributed by atoms with Gasteiger partial charge < -0.3 is 16.5 Å². The van der Waals surface area contributed by atoms with Crippen molar-refractivity contribution in [2.75, 3.05) is 5.73 Å². The van der Waals surface area contributed by atoms with Gasteiger partial charge in [-0.05, 0) is 11.6 Å². The summed E-state index contributed by atoms with van der Waals surface area (Å²) in [7, 11) is 0. The van der Waals surface area contributed by atoms with Crippen LogP contribution in [0.5, 0.6) is 0 Å². The molecule has 0 radical (unpaired) electrons. The Kier molecular flexibility index (Phi) is 1.78. The van der Waals surface area contributed by atoms with E-state index in [1.807, 2.05) is 0 Å². The summed E-state index contributed by atoms with van der Waals surface area (Å²) < 4.78 is 0. The third kappa shape index (κ3) is 1.19. The smallest absolute Gasteiger partial charge is 0.100 e. The first kappa shape index (κ1) is 6.89. The lowest BCUT2D eigenvalue weighted by atomic mass is 10.2. The highest BCUT2D eigenvalue weighted by Crippen LogP contribution is 2.12. The summed E-state index contributed by atoms with van der Waals surface area (Å²) in [4.78, 5) is 2.83. The Morgan fingerprint density at radius 1 is 1.70 bits per heavy atom. The van der Waals surface area contributed by atoms with Gasteiger partial charge in [-0.3, -0.25) is 0 Å². The molecule has 1 unspecified atom stereocenters. The van der Waals surface area contributed by atoms with Crippen LogP contribution in [0.3, 0.4) is 0 Å². The van der Waals surface area contributed by atoms with E-state index in [0.29, 0.717) is 5.82 Å². The fourth-order valence-corrected chi connectivity index (χ4v) is 0.758. The largest absolute Gasteiger partial charge is 0.385 e. The summed E-state index contributed by atoms with van der Waals surface area (Å²) in [5, 5.41) is 0. The molecule has 1 rings (SSSR count). The van der Waals surface area contributed by atoms with Crippen LogP contribution in [0.2, 0.25) is 0 Å². The predicted octanol–water partition coefficient (Wildman–Crippen LogP) is 0.783. The second-order valence-corrected chi connectivity index (χ2v) is 2.15. The molecule has 1 heterocycles. The highest BCUT2D eigenvalue weighted by molar-refractivity contribution is 5.35. The molecule has 0 amide bonds. The minimum atomic E-state index is -0.117. The summed E-state index contributed by atoms with van der Waals surface area (Å²) in [6.45, 7) is 3.57. The second kappa shape index (κ2) is 2.58. The van der Waals surface area contributed by atoms with Gasteiger partial charge in [-0.25, -0.2) is 0 Å². The maximum absolute atomic E-state index is 5.61.